The number of para-hydroxylation sites is 2. The van der Waals surface area contributed by atoms with E-state index in [4.69, 9.17) is 32.7 Å². The van der Waals surface area contributed by atoms with Gasteiger partial charge in [-0.05, 0) is 0 Å². The Morgan fingerprint density at radius 2 is 1.09 bits per heavy atom. The second-order valence-electron chi connectivity index (χ2n) is 4.98. The van der Waals surface area contributed by atoms with Gasteiger partial charge in [-0.25, -0.2) is 0 Å². The normalized spacial score (nSPS) is 13.3. The molecule has 0 amide bonds. The minimum atomic E-state index is 0.0223. The zero-order chi connectivity index (χ0) is 16.3. The van der Waals surface area contributed by atoms with Crippen LogP contribution in [0.1, 0.15) is 0 Å². The van der Waals surface area contributed by atoms with E-state index < -0.39 is 0 Å². The molecule has 0 saturated heterocycles. The van der Waals surface area contributed by atoms with Crippen molar-refractivity contribution >= 4 is 38.2 Å². The van der Waals surface area contributed by atoms with Crippen LogP contribution in [0.2, 0.25) is 10.6 Å². The molecule has 0 fully saturated rings. The van der Waals surface area contributed by atoms with Gasteiger partial charge in [-0.15, -0.1) is 0 Å². The van der Waals surface area contributed by atoms with E-state index in [1.807, 2.05) is 60.7 Å². The van der Waals surface area contributed by atoms with E-state index in [0.717, 1.165) is 22.1 Å². The molecule has 23 heavy (non-hydrogen) atoms. The van der Waals surface area contributed by atoms with Gasteiger partial charge < -0.3 is 0 Å². The van der Waals surface area contributed by atoms with Crippen molar-refractivity contribution < 1.29 is 9.47 Å². The van der Waals surface area contributed by atoms with E-state index in [1.165, 1.54) is 0 Å². The number of halogens is 2. The van der Waals surface area contributed by atoms with Gasteiger partial charge in [0, 0.05) is 0 Å². The Morgan fingerprint density at radius 3 is 1.48 bits per heavy atom. The van der Waals surface area contributed by atoms with Gasteiger partial charge in [0.15, 0.2) is 0 Å². The van der Waals surface area contributed by atoms with Gasteiger partial charge in [0.25, 0.3) is 0 Å². The van der Waals surface area contributed by atoms with Crippen LogP contribution in [0, 0.1) is 0 Å². The summed E-state index contributed by atoms with van der Waals surface area (Å²) in [6.45, 7) is 1.06. The Hall–Kier alpha value is -0.861. The van der Waals surface area contributed by atoms with Crippen LogP contribution in [-0.2, 0) is 0 Å². The standard InChI is InChI=1S/C18H20Cl2O2Se/c19-15(11-21-17-7-3-1-4-8-17)13-23-14-16(20)12-22-18-9-5-2-6-10-18/h1-10,15-16H,11-14H2. The van der Waals surface area contributed by atoms with Gasteiger partial charge >= 0.3 is 154 Å². The molecule has 2 rings (SSSR count). The van der Waals surface area contributed by atoms with Crippen LogP contribution in [0.3, 0.4) is 0 Å². The molecule has 0 heterocycles. The van der Waals surface area contributed by atoms with Crippen molar-refractivity contribution in [2.75, 3.05) is 13.2 Å². The topological polar surface area (TPSA) is 18.5 Å². The molecule has 124 valence electrons. The molecule has 0 spiro atoms. The average molecular weight is 418 g/mol. The predicted octanol–water partition coefficient (Wildman–Crippen LogP) is 4.90. The fourth-order valence-electron chi connectivity index (χ4n) is 1.83. The van der Waals surface area contributed by atoms with Crippen molar-refractivity contribution in [3.8, 4) is 11.5 Å². The van der Waals surface area contributed by atoms with Crippen molar-refractivity contribution in [3.05, 3.63) is 60.7 Å². The number of hydrogen-bond donors (Lipinski definition) is 0. The number of hydrogen-bond acceptors (Lipinski definition) is 2. The van der Waals surface area contributed by atoms with Crippen molar-refractivity contribution in [2.24, 2.45) is 0 Å². The van der Waals surface area contributed by atoms with E-state index in [-0.39, 0.29) is 10.8 Å². The summed E-state index contributed by atoms with van der Waals surface area (Å²) in [6.07, 6.45) is 0. The van der Waals surface area contributed by atoms with Gasteiger partial charge in [-0.1, -0.05) is 0 Å². The second-order valence-corrected chi connectivity index (χ2v) is 8.47. The van der Waals surface area contributed by atoms with Crippen molar-refractivity contribution in [1.82, 2.24) is 0 Å². The molecule has 0 radical (unpaired) electrons. The molecule has 2 unspecified atom stereocenters. The molecule has 0 aliphatic carbocycles. The van der Waals surface area contributed by atoms with Crippen molar-refractivity contribution in [3.63, 3.8) is 0 Å². The SMILES string of the molecule is ClC(COc1ccccc1)C[Se]CC(Cl)COc1ccccc1. The van der Waals surface area contributed by atoms with Crippen LogP contribution in [0.5, 0.6) is 11.5 Å². The van der Waals surface area contributed by atoms with E-state index in [1.54, 1.807) is 0 Å². The van der Waals surface area contributed by atoms with Crippen molar-refractivity contribution in [2.45, 2.75) is 21.4 Å². The summed E-state index contributed by atoms with van der Waals surface area (Å²) in [5.41, 5.74) is 0. The zero-order valence-corrected chi connectivity index (χ0v) is 16.0. The molecule has 2 aromatic rings. The molecule has 2 aromatic carbocycles. The first-order valence-electron chi connectivity index (χ1n) is 7.45. The van der Waals surface area contributed by atoms with E-state index in [0.29, 0.717) is 28.2 Å². The number of benzene rings is 2. The first kappa shape index (κ1) is 18.5. The molecule has 5 heteroatoms. The van der Waals surface area contributed by atoms with Crippen LogP contribution >= 0.6 is 23.2 Å². The molecule has 2 nitrogen and oxygen atoms in total. The Kier molecular flexibility index (Phi) is 8.70. The predicted molar refractivity (Wildman–Crippen MR) is 98.5 cm³/mol. The van der Waals surface area contributed by atoms with E-state index >= 15 is 0 Å². The fourth-order valence-corrected chi connectivity index (χ4v) is 4.64. The molecule has 0 aliphatic heterocycles. The zero-order valence-electron chi connectivity index (χ0n) is 12.7. The summed E-state index contributed by atoms with van der Waals surface area (Å²) in [5.74, 6) is 1.72. The molecule has 2 atom stereocenters. The Labute approximate surface area is 154 Å². The second kappa shape index (κ2) is 10.8. The Morgan fingerprint density at radius 1 is 0.696 bits per heavy atom. The Balaban J connectivity index is 1.55. The summed E-state index contributed by atoms with van der Waals surface area (Å²) < 4.78 is 11.3. The molecular weight excluding hydrogens is 398 g/mol. The first-order valence-corrected chi connectivity index (χ1v) is 10.7. The monoisotopic (exact) mass is 418 g/mol. The third kappa shape index (κ3) is 7.99. The third-order valence-electron chi connectivity index (χ3n) is 2.95. The number of ether oxygens (including phenoxy) is 2. The van der Waals surface area contributed by atoms with Gasteiger partial charge in [-0.2, -0.15) is 0 Å². The maximum atomic E-state index is 6.30. The van der Waals surface area contributed by atoms with E-state index in [9.17, 15) is 0 Å². The maximum absolute atomic E-state index is 6.30. The van der Waals surface area contributed by atoms with Crippen molar-refractivity contribution in [1.29, 1.82) is 0 Å². The number of alkyl halides is 2. The molecular formula is C18H20Cl2O2Se. The van der Waals surface area contributed by atoms with Gasteiger partial charge in [0.1, 0.15) is 0 Å². The average Bonchev–Trinajstić information content (AvgIpc) is 2.60. The number of rotatable bonds is 10. The van der Waals surface area contributed by atoms with E-state index in [2.05, 4.69) is 0 Å². The summed E-state index contributed by atoms with van der Waals surface area (Å²) in [6, 6.07) is 19.5. The van der Waals surface area contributed by atoms with Gasteiger partial charge in [0.2, 0.25) is 0 Å². The summed E-state index contributed by atoms with van der Waals surface area (Å²) in [4.78, 5) is 0. The van der Waals surface area contributed by atoms with Crippen LogP contribution in [0.15, 0.2) is 60.7 Å². The quantitative estimate of drug-likeness (QED) is 0.404. The van der Waals surface area contributed by atoms with Crippen LogP contribution in [-0.4, -0.2) is 38.9 Å². The van der Waals surface area contributed by atoms with Crippen LogP contribution in [0.4, 0.5) is 0 Å². The molecule has 0 N–H and O–H groups in total. The molecule has 0 bridgehead atoms. The Bertz CT molecular complexity index is 490. The van der Waals surface area contributed by atoms with Gasteiger partial charge in [-0.3, -0.25) is 0 Å². The minimum absolute atomic E-state index is 0.0223. The molecule has 0 saturated carbocycles. The van der Waals surface area contributed by atoms with Crippen LogP contribution in [0.25, 0.3) is 0 Å². The fraction of sp³-hybridized carbons (Fsp3) is 0.333. The summed E-state index contributed by atoms with van der Waals surface area (Å²) in [7, 11) is 0. The first-order chi connectivity index (χ1) is 11.2. The molecule has 0 aromatic heterocycles. The molecule has 0 aliphatic rings. The summed E-state index contributed by atoms with van der Waals surface area (Å²) in [5, 5.41) is 1.93. The van der Waals surface area contributed by atoms with Crippen LogP contribution < -0.4 is 9.47 Å². The third-order valence-corrected chi connectivity index (χ3v) is 7.01. The van der Waals surface area contributed by atoms with Gasteiger partial charge in [0.05, 0.1) is 0 Å². The summed E-state index contributed by atoms with van der Waals surface area (Å²) >= 11 is 13.0.